The maximum absolute atomic E-state index is 10.9. The van der Waals surface area contributed by atoms with Crippen LogP contribution in [0.5, 0.6) is 0 Å². The summed E-state index contributed by atoms with van der Waals surface area (Å²) in [4.78, 5) is 10.5. The van der Waals surface area contributed by atoms with Gasteiger partial charge in [-0.05, 0) is 24.6 Å². The first-order chi connectivity index (χ1) is 9.51. The first-order valence-corrected chi connectivity index (χ1v) is 7.08. The largest absolute Gasteiger partial charge is 0.383 e. The van der Waals surface area contributed by atoms with Crippen molar-refractivity contribution >= 4 is 23.1 Å². The minimum atomic E-state index is -0.382. The van der Waals surface area contributed by atoms with Crippen LogP contribution in [-0.4, -0.2) is 21.8 Å². The van der Waals surface area contributed by atoms with Crippen LogP contribution in [-0.2, 0) is 12.8 Å². The van der Waals surface area contributed by atoms with Gasteiger partial charge in [-0.1, -0.05) is 6.07 Å². The van der Waals surface area contributed by atoms with Crippen molar-refractivity contribution in [1.82, 2.24) is 9.78 Å². The molecule has 20 heavy (non-hydrogen) atoms. The molecular weight excluding hydrogens is 276 g/mol. The fourth-order valence-electron chi connectivity index (χ4n) is 1.91. The topological polar surface area (TPSA) is 73.0 Å². The van der Waals surface area contributed by atoms with Gasteiger partial charge in [0.1, 0.15) is 5.69 Å². The predicted octanol–water partition coefficient (Wildman–Crippen LogP) is 2.97. The molecule has 0 aliphatic carbocycles. The van der Waals surface area contributed by atoms with E-state index in [4.69, 9.17) is 0 Å². The molecule has 0 radical (unpaired) electrons. The number of hydrogen-bond acceptors (Lipinski definition) is 5. The summed E-state index contributed by atoms with van der Waals surface area (Å²) >= 11 is 1.66. The first kappa shape index (κ1) is 14.4. The number of hydrogen-bond donors (Lipinski definition) is 1. The van der Waals surface area contributed by atoms with E-state index in [-0.39, 0.29) is 10.6 Å². The van der Waals surface area contributed by atoms with Gasteiger partial charge >= 0.3 is 0 Å². The summed E-state index contributed by atoms with van der Waals surface area (Å²) in [5.74, 6) is 0.742. The van der Waals surface area contributed by atoms with Crippen LogP contribution >= 0.6 is 11.8 Å². The molecule has 0 aliphatic rings. The molecule has 0 saturated heterocycles. The number of nitro groups is 1. The molecule has 0 atom stereocenters. The molecule has 0 bridgehead atoms. The molecule has 2 aromatic rings. The highest BCUT2D eigenvalue weighted by Crippen LogP contribution is 2.29. The van der Waals surface area contributed by atoms with Gasteiger partial charge < -0.3 is 5.32 Å². The molecule has 1 aromatic carbocycles. The van der Waals surface area contributed by atoms with Crippen LogP contribution in [0.4, 0.5) is 11.4 Å². The Morgan fingerprint density at radius 3 is 2.75 bits per heavy atom. The van der Waals surface area contributed by atoms with E-state index in [1.54, 1.807) is 24.9 Å². The lowest BCUT2D eigenvalue weighted by molar-refractivity contribution is -0.383. The molecule has 0 fully saturated rings. The van der Waals surface area contributed by atoms with E-state index in [9.17, 15) is 10.1 Å². The van der Waals surface area contributed by atoms with Crippen LogP contribution in [0, 0.1) is 17.0 Å². The van der Waals surface area contributed by atoms with Crippen molar-refractivity contribution < 1.29 is 4.92 Å². The number of aromatic nitrogens is 2. The highest BCUT2D eigenvalue weighted by Gasteiger charge is 2.13. The van der Waals surface area contributed by atoms with Crippen LogP contribution in [0.15, 0.2) is 29.3 Å². The number of rotatable bonds is 5. The van der Waals surface area contributed by atoms with Gasteiger partial charge in [0.25, 0.3) is 5.69 Å². The Bertz CT molecular complexity index is 639. The standard InChI is InChI=1S/C13H16N4O2S/c1-9-6-13(16(3)15-9)20-8-10-4-5-12(17(18)19)11(7-10)14-2/h4-7,14H,8H2,1-3H3. The Morgan fingerprint density at radius 2 is 2.20 bits per heavy atom. The van der Waals surface area contributed by atoms with Crippen molar-refractivity contribution in [3.8, 4) is 0 Å². The third-order valence-corrected chi connectivity index (χ3v) is 4.03. The summed E-state index contributed by atoms with van der Waals surface area (Å²) in [7, 11) is 3.59. The molecule has 0 amide bonds. The molecule has 2 rings (SSSR count). The zero-order valence-electron chi connectivity index (χ0n) is 11.6. The fourth-order valence-corrected chi connectivity index (χ4v) is 2.89. The maximum Gasteiger partial charge on any atom is 0.292 e. The van der Waals surface area contributed by atoms with Crippen molar-refractivity contribution in [2.75, 3.05) is 12.4 Å². The van der Waals surface area contributed by atoms with Crippen molar-refractivity contribution in [1.29, 1.82) is 0 Å². The summed E-state index contributed by atoms with van der Waals surface area (Å²) < 4.78 is 1.84. The van der Waals surface area contributed by atoms with E-state index in [2.05, 4.69) is 10.4 Å². The Kier molecular flexibility index (Phi) is 4.29. The second-order valence-corrected chi connectivity index (χ2v) is 5.39. The van der Waals surface area contributed by atoms with Crippen molar-refractivity contribution in [3.63, 3.8) is 0 Å². The van der Waals surface area contributed by atoms with E-state index in [1.165, 1.54) is 6.07 Å². The third kappa shape index (κ3) is 3.11. The number of nitrogens with zero attached hydrogens (tertiary/aromatic N) is 3. The minimum absolute atomic E-state index is 0.0950. The Morgan fingerprint density at radius 1 is 1.45 bits per heavy atom. The smallest absolute Gasteiger partial charge is 0.292 e. The Hall–Kier alpha value is -2.02. The molecule has 0 saturated carbocycles. The average Bonchev–Trinajstić information content (AvgIpc) is 2.74. The molecule has 1 aromatic heterocycles. The minimum Gasteiger partial charge on any atom is -0.383 e. The highest BCUT2D eigenvalue weighted by atomic mass is 32.2. The van der Waals surface area contributed by atoms with Crippen LogP contribution in [0.3, 0.4) is 0 Å². The Labute approximate surface area is 121 Å². The number of nitro benzene ring substituents is 1. The van der Waals surface area contributed by atoms with E-state index >= 15 is 0 Å². The van der Waals surface area contributed by atoms with Gasteiger partial charge in [0.05, 0.1) is 15.6 Å². The number of nitrogens with one attached hydrogen (secondary N) is 1. The summed E-state index contributed by atoms with van der Waals surface area (Å²) in [6.45, 7) is 1.95. The lowest BCUT2D eigenvalue weighted by Crippen LogP contribution is -1.98. The van der Waals surface area contributed by atoms with Crippen molar-refractivity contribution in [2.45, 2.75) is 17.7 Å². The second-order valence-electron chi connectivity index (χ2n) is 4.39. The Balaban J connectivity index is 2.14. The molecular formula is C13H16N4O2S. The van der Waals surface area contributed by atoms with Crippen molar-refractivity contribution in [2.24, 2.45) is 7.05 Å². The predicted molar refractivity (Wildman–Crippen MR) is 80.1 cm³/mol. The summed E-state index contributed by atoms with van der Waals surface area (Å²) in [5, 5.41) is 19.1. The molecule has 1 N–H and O–H groups in total. The molecule has 1 heterocycles. The van der Waals surface area contributed by atoms with Gasteiger partial charge in [0.15, 0.2) is 0 Å². The quantitative estimate of drug-likeness (QED) is 0.521. The average molecular weight is 292 g/mol. The number of benzene rings is 1. The third-order valence-electron chi connectivity index (χ3n) is 2.87. The van der Waals surface area contributed by atoms with Gasteiger partial charge in [0, 0.05) is 25.9 Å². The lowest BCUT2D eigenvalue weighted by Gasteiger charge is -2.06. The second kappa shape index (κ2) is 5.96. The maximum atomic E-state index is 10.9. The number of aryl methyl sites for hydroxylation is 2. The van der Waals surface area contributed by atoms with Crippen LogP contribution < -0.4 is 5.32 Å². The fraction of sp³-hybridized carbons (Fsp3) is 0.308. The molecule has 106 valence electrons. The summed E-state index contributed by atoms with van der Waals surface area (Å²) in [6, 6.07) is 7.16. The van der Waals surface area contributed by atoms with E-state index in [0.29, 0.717) is 5.69 Å². The molecule has 0 aliphatic heterocycles. The van der Waals surface area contributed by atoms with Gasteiger partial charge in [0.2, 0.25) is 0 Å². The normalized spacial score (nSPS) is 10.6. The molecule has 0 spiro atoms. The molecule has 6 nitrogen and oxygen atoms in total. The van der Waals surface area contributed by atoms with Crippen LogP contribution in [0.2, 0.25) is 0 Å². The van der Waals surface area contributed by atoms with E-state index in [0.717, 1.165) is 22.0 Å². The number of thioether (sulfide) groups is 1. The number of anilines is 1. The monoisotopic (exact) mass is 292 g/mol. The molecule has 7 heteroatoms. The highest BCUT2D eigenvalue weighted by molar-refractivity contribution is 7.98. The van der Waals surface area contributed by atoms with Crippen LogP contribution in [0.25, 0.3) is 0 Å². The van der Waals surface area contributed by atoms with Gasteiger partial charge in [-0.3, -0.25) is 14.8 Å². The van der Waals surface area contributed by atoms with Gasteiger partial charge in [-0.2, -0.15) is 5.10 Å². The summed E-state index contributed by atoms with van der Waals surface area (Å²) in [5.41, 5.74) is 2.64. The van der Waals surface area contributed by atoms with Gasteiger partial charge in [-0.15, -0.1) is 11.8 Å². The van der Waals surface area contributed by atoms with Gasteiger partial charge in [-0.25, -0.2) is 0 Å². The lowest BCUT2D eigenvalue weighted by atomic mass is 10.2. The zero-order valence-corrected chi connectivity index (χ0v) is 12.4. The van der Waals surface area contributed by atoms with Crippen molar-refractivity contribution in [3.05, 3.63) is 45.6 Å². The first-order valence-electron chi connectivity index (χ1n) is 6.09. The van der Waals surface area contributed by atoms with E-state index in [1.807, 2.05) is 30.8 Å². The summed E-state index contributed by atoms with van der Waals surface area (Å²) in [6.07, 6.45) is 0. The van der Waals surface area contributed by atoms with Crippen LogP contribution in [0.1, 0.15) is 11.3 Å². The zero-order chi connectivity index (χ0) is 14.7. The SMILES string of the molecule is CNc1cc(CSc2cc(C)nn2C)ccc1[N+](=O)[O-]. The molecule has 0 unspecified atom stereocenters. The van der Waals surface area contributed by atoms with E-state index < -0.39 is 0 Å².